The van der Waals surface area contributed by atoms with Gasteiger partial charge in [0, 0.05) is 51.7 Å². The first-order valence-electron chi connectivity index (χ1n) is 22.9. The van der Waals surface area contributed by atoms with Gasteiger partial charge in [-0.2, -0.15) is 0 Å². The highest BCUT2D eigenvalue weighted by molar-refractivity contribution is 5.78. The molecule has 1 unspecified atom stereocenters. The molecule has 0 aromatic carbocycles. The van der Waals surface area contributed by atoms with Crippen LogP contribution in [-0.2, 0) is 52.2 Å². The highest BCUT2D eigenvalue weighted by Gasteiger charge is 2.60. The number of aliphatic hydroxyl groups excluding tert-OH is 1. The quantitative estimate of drug-likeness (QED) is 0.211. The van der Waals surface area contributed by atoms with E-state index in [9.17, 15) is 15.0 Å². The van der Waals surface area contributed by atoms with Crippen molar-refractivity contribution in [2.45, 2.75) is 191 Å². The number of fused-ring (bicyclic) bond motifs is 2. The Hall–Kier alpha value is -2.31. The highest BCUT2D eigenvalue weighted by atomic mass is 16.7. The predicted octanol–water partition coefficient (Wildman–Crippen LogP) is 5.34. The van der Waals surface area contributed by atoms with E-state index >= 15 is 0 Å². The van der Waals surface area contributed by atoms with Crippen molar-refractivity contribution in [1.82, 2.24) is 0 Å². The summed E-state index contributed by atoms with van der Waals surface area (Å²) in [5.74, 6) is -2.53. The molecule has 0 amide bonds. The van der Waals surface area contributed by atoms with Crippen molar-refractivity contribution in [1.29, 1.82) is 0 Å². The minimum atomic E-state index is -1.83. The molecule has 4 saturated heterocycles. The van der Waals surface area contributed by atoms with Gasteiger partial charge in [-0.15, -0.1) is 0 Å². The summed E-state index contributed by atoms with van der Waals surface area (Å²) in [4.78, 5) is 14.4. The number of rotatable bonds is 8. The van der Waals surface area contributed by atoms with Crippen LogP contribution in [0.2, 0.25) is 0 Å². The van der Waals surface area contributed by atoms with Gasteiger partial charge in [-0.3, -0.25) is 4.79 Å². The minimum absolute atomic E-state index is 0.0379. The van der Waals surface area contributed by atoms with Crippen LogP contribution in [0.1, 0.15) is 93.9 Å². The van der Waals surface area contributed by atoms with Crippen molar-refractivity contribution >= 4 is 5.97 Å². The van der Waals surface area contributed by atoms with Crippen LogP contribution >= 0.6 is 0 Å². The van der Waals surface area contributed by atoms with Crippen LogP contribution in [0.5, 0.6) is 0 Å². The van der Waals surface area contributed by atoms with Crippen LogP contribution in [-0.4, -0.2) is 134 Å². The molecule has 7 rings (SSSR count). The van der Waals surface area contributed by atoms with Gasteiger partial charge >= 0.3 is 5.97 Å². The van der Waals surface area contributed by atoms with E-state index in [-0.39, 0.29) is 60.9 Å². The third-order valence-corrected chi connectivity index (χ3v) is 14.6. The van der Waals surface area contributed by atoms with Crippen molar-refractivity contribution in [3.63, 3.8) is 0 Å². The Morgan fingerprint density at radius 3 is 2.35 bits per heavy atom. The zero-order chi connectivity index (χ0) is 44.7. The summed E-state index contributed by atoms with van der Waals surface area (Å²) >= 11 is 0. The SMILES string of the molecule is CCC(C)[C@H]1O[C@]2(C=C[C@@H]1C)C[C@@H]1C[C@@H](C/C=C(\C)[C@@H](O[C@H]3C[C@H](OC)[C@@H](O[C@H]4C[C@H](OC)[C@@H](N)[C@H](C)O4)[C@H](C)O3)[C@@H](C)/C=C/C=C3\CO[C@@H]4[C@H](O)C(C)=C[C@@H](C(=O)O1)[C@]34O)O2. The molecule has 20 atom stereocenters. The number of hydrogen-bond donors (Lipinski definition) is 3. The van der Waals surface area contributed by atoms with E-state index in [2.05, 4.69) is 46.8 Å². The molecule has 4 N–H and O–H groups in total. The van der Waals surface area contributed by atoms with E-state index in [4.69, 9.17) is 53.1 Å². The van der Waals surface area contributed by atoms with Crippen molar-refractivity contribution in [2.24, 2.45) is 29.4 Å². The summed E-state index contributed by atoms with van der Waals surface area (Å²) in [5.41, 5.74) is 6.48. The van der Waals surface area contributed by atoms with Gasteiger partial charge in [-0.05, 0) is 62.8 Å². The maximum atomic E-state index is 14.4. The van der Waals surface area contributed by atoms with Crippen LogP contribution in [0.15, 0.2) is 59.3 Å². The predicted molar refractivity (Wildman–Crippen MR) is 229 cm³/mol. The second kappa shape index (κ2) is 19.7. The van der Waals surface area contributed by atoms with Gasteiger partial charge in [0.1, 0.15) is 35.9 Å². The molecule has 1 aliphatic carbocycles. The molecular formula is C48H73NO13. The van der Waals surface area contributed by atoms with E-state index in [0.29, 0.717) is 43.3 Å². The number of esters is 1. The Morgan fingerprint density at radius 1 is 0.919 bits per heavy atom. The second-order valence-electron chi connectivity index (χ2n) is 19.0. The number of aliphatic hydroxyl groups is 2. The standard InChI is InChI=1S/C48H73NO13/c1-11-25(2)43-28(5)17-18-47(62-43)23-34-20-33(61-47)16-15-27(4)42(26(3)13-12-14-32-24-55-45-41(50)29(6)19-35(46(51)58-34)48(32,45)52)59-39-22-37(54-10)44(31(8)57-39)60-38-21-36(53-9)40(49)30(7)56-38/h12-15,17-19,25-26,28,30-31,33-45,50,52H,11,16,20-24,49H2,1-10H3/b13-12+,27-15+,32-14+/t25?,26-,28-,30-,31-,33+,34-,35-,36-,37-,38-,39-,40-,41+,42-,43+,44-,45+,47+,48+/m0/s1. The number of hydrogen-bond acceptors (Lipinski definition) is 14. The van der Waals surface area contributed by atoms with Crippen molar-refractivity contribution in [2.75, 3.05) is 20.8 Å². The summed E-state index contributed by atoms with van der Waals surface area (Å²) < 4.78 is 64.1. The van der Waals surface area contributed by atoms with Crippen LogP contribution in [0.4, 0.5) is 0 Å². The van der Waals surface area contributed by atoms with Crippen molar-refractivity contribution < 1.29 is 62.4 Å². The van der Waals surface area contributed by atoms with E-state index in [1.165, 1.54) is 0 Å². The summed E-state index contributed by atoms with van der Waals surface area (Å²) in [6.45, 7) is 16.3. The molecule has 14 heteroatoms. The molecule has 14 nitrogen and oxygen atoms in total. The van der Waals surface area contributed by atoms with Gasteiger partial charge in [0.25, 0.3) is 0 Å². The average Bonchev–Trinajstić information content (AvgIpc) is 3.58. The minimum Gasteiger partial charge on any atom is -0.462 e. The fraction of sp³-hybridized carbons (Fsp3) is 0.771. The largest absolute Gasteiger partial charge is 0.462 e. The first kappa shape index (κ1) is 47.6. The number of ether oxygens (including phenoxy) is 10. The Kier molecular flexibility index (Phi) is 15.1. The lowest BCUT2D eigenvalue weighted by Gasteiger charge is -2.48. The lowest BCUT2D eigenvalue weighted by Crippen LogP contribution is -2.58. The third-order valence-electron chi connectivity index (χ3n) is 14.6. The number of allylic oxidation sites excluding steroid dienone is 2. The third kappa shape index (κ3) is 9.64. The molecule has 0 saturated carbocycles. The first-order valence-corrected chi connectivity index (χ1v) is 22.9. The number of carbonyl (C=O) groups is 1. The average molecular weight is 872 g/mol. The van der Waals surface area contributed by atoms with Crippen LogP contribution in [0.3, 0.4) is 0 Å². The van der Waals surface area contributed by atoms with Gasteiger partial charge in [0.15, 0.2) is 18.4 Å². The maximum absolute atomic E-state index is 14.4. The Labute approximate surface area is 368 Å². The molecule has 0 aromatic rings. The van der Waals surface area contributed by atoms with E-state index < -0.39 is 72.5 Å². The van der Waals surface area contributed by atoms with Crippen molar-refractivity contribution in [3.8, 4) is 0 Å². The lowest BCUT2D eigenvalue weighted by atomic mass is 9.71. The molecule has 0 radical (unpaired) electrons. The maximum Gasteiger partial charge on any atom is 0.316 e. The van der Waals surface area contributed by atoms with Crippen LogP contribution < -0.4 is 5.73 Å². The Balaban J connectivity index is 1.18. The lowest BCUT2D eigenvalue weighted by molar-refractivity contribution is -0.311. The topological polar surface area (TPSA) is 176 Å². The molecule has 4 fully saturated rings. The Bertz CT molecular complexity index is 1730. The number of carbonyl (C=O) groups excluding carboxylic acids is 1. The molecular weight excluding hydrogens is 799 g/mol. The number of methoxy groups -OCH3 is 2. The van der Waals surface area contributed by atoms with E-state index in [1.807, 2.05) is 32.1 Å². The van der Waals surface area contributed by atoms with Gasteiger partial charge < -0.3 is 63.3 Å². The van der Waals surface area contributed by atoms with E-state index in [1.54, 1.807) is 33.3 Å². The summed E-state index contributed by atoms with van der Waals surface area (Å²) in [5, 5.41) is 23.7. The van der Waals surface area contributed by atoms with E-state index in [0.717, 1.165) is 12.0 Å². The summed E-state index contributed by atoms with van der Waals surface area (Å²) in [6.07, 6.45) is 10.2. The Morgan fingerprint density at radius 2 is 1.63 bits per heavy atom. The van der Waals surface area contributed by atoms with Gasteiger partial charge in [-0.1, -0.05) is 70.6 Å². The first-order chi connectivity index (χ1) is 29.5. The van der Waals surface area contributed by atoms with Gasteiger partial charge in [0.2, 0.25) is 0 Å². The van der Waals surface area contributed by atoms with Crippen LogP contribution in [0, 0.1) is 23.7 Å². The van der Waals surface area contributed by atoms with Crippen LogP contribution in [0.25, 0.3) is 0 Å². The highest BCUT2D eigenvalue weighted by Crippen LogP contribution is 2.47. The van der Waals surface area contributed by atoms with Crippen molar-refractivity contribution in [3.05, 3.63) is 59.3 Å². The number of nitrogens with two attached hydrogens (primary N) is 1. The van der Waals surface area contributed by atoms with Gasteiger partial charge in [-0.25, -0.2) is 0 Å². The fourth-order valence-electron chi connectivity index (χ4n) is 10.6. The molecule has 2 bridgehead atoms. The monoisotopic (exact) mass is 872 g/mol. The zero-order valence-electron chi connectivity index (χ0n) is 38.3. The molecule has 6 heterocycles. The second-order valence-corrected chi connectivity index (χ2v) is 19.0. The molecule has 6 aliphatic heterocycles. The molecule has 0 aromatic heterocycles. The smallest absolute Gasteiger partial charge is 0.316 e. The molecule has 62 heavy (non-hydrogen) atoms. The molecule has 1 spiro atoms. The van der Waals surface area contributed by atoms with Gasteiger partial charge in [0.05, 0.1) is 55.4 Å². The zero-order valence-corrected chi connectivity index (χ0v) is 38.3. The fourth-order valence-corrected chi connectivity index (χ4v) is 10.6. The summed E-state index contributed by atoms with van der Waals surface area (Å²) in [7, 11) is 3.32. The normalized spacial score (nSPS) is 49.1. The molecule has 348 valence electrons. The molecule has 7 aliphatic rings. The summed E-state index contributed by atoms with van der Waals surface area (Å²) in [6, 6.07) is -0.257.